The Morgan fingerprint density at radius 2 is 1.92 bits per heavy atom. The van der Waals surface area contributed by atoms with E-state index in [-0.39, 0.29) is 11.5 Å². The van der Waals surface area contributed by atoms with Crippen LogP contribution in [0.4, 0.5) is 0 Å². The summed E-state index contributed by atoms with van der Waals surface area (Å²) in [5, 5.41) is 20.0. The Morgan fingerprint density at radius 1 is 1.08 bits per heavy atom. The quantitative estimate of drug-likeness (QED) is 0.617. The van der Waals surface area contributed by atoms with Crippen LogP contribution in [0.15, 0.2) is 30.3 Å². The minimum atomic E-state index is 0.118. The van der Waals surface area contributed by atoms with Crippen molar-refractivity contribution in [3.63, 3.8) is 0 Å². The van der Waals surface area contributed by atoms with E-state index in [1.165, 1.54) is 6.07 Å². The maximum atomic E-state index is 9.32. The average Bonchev–Trinajstić information content (AvgIpc) is 2.04. The van der Waals surface area contributed by atoms with Crippen molar-refractivity contribution in [2.24, 2.45) is 0 Å². The third-order valence-corrected chi connectivity index (χ3v) is 1.77. The van der Waals surface area contributed by atoms with Crippen molar-refractivity contribution < 1.29 is 10.2 Å². The molecule has 0 aliphatic rings. The van der Waals surface area contributed by atoms with Gasteiger partial charge in [-0.15, -0.1) is 0 Å². The molecule has 0 spiro atoms. The monoisotopic (exact) mass is 159 g/mol. The van der Waals surface area contributed by atoms with E-state index in [1.54, 1.807) is 24.3 Å². The summed E-state index contributed by atoms with van der Waals surface area (Å²) in [4.78, 5) is 0. The summed E-state index contributed by atoms with van der Waals surface area (Å²) in [6.45, 7) is 0. The molecule has 0 heterocycles. The summed E-state index contributed by atoms with van der Waals surface area (Å²) < 4.78 is 0. The molecule has 0 fully saturated rings. The lowest BCUT2D eigenvalue weighted by atomic mass is 10.1. The molecule has 0 aromatic heterocycles. The minimum Gasteiger partial charge on any atom is -0.508 e. The molecule has 0 atom stereocenters. The van der Waals surface area contributed by atoms with Gasteiger partial charge in [0.2, 0.25) is 0 Å². The van der Waals surface area contributed by atoms with E-state index in [1.807, 2.05) is 0 Å². The highest BCUT2D eigenvalue weighted by molar-refractivity contribution is 5.88. The number of fused-ring (bicyclic) bond motifs is 1. The zero-order valence-electron chi connectivity index (χ0n) is 6.28. The molecule has 12 heavy (non-hydrogen) atoms. The normalized spacial score (nSPS) is 10.3. The van der Waals surface area contributed by atoms with Crippen LogP contribution in [0.3, 0.4) is 0 Å². The fourth-order valence-electron chi connectivity index (χ4n) is 1.19. The molecule has 2 N–H and O–H groups in total. The Hall–Kier alpha value is -1.70. The zero-order chi connectivity index (χ0) is 8.55. The van der Waals surface area contributed by atoms with Crippen LogP contribution in [-0.4, -0.2) is 10.2 Å². The first kappa shape index (κ1) is 6.98. The van der Waals surface area contributed by atoms with Crippen LogP contribution in [0.25, 0.3) is 10.8 Å². The van der Waals surface area contributed by atoms with Gasteiger partial charge in [0, 0.05) is 11.5 Å². The minimum absolute atomic E-state index is 0.118. The van der Waals surface area contributed by atoms with E-state index in [4.69, 9.17) is 5.11 Å². The zero-order valence-corrected chi connectivity index (χ0v) is 6.28. The van der Waals surface area contributed by atoms with Crippen LogP contribution in [0.5, 0.6) is 11.5 Å². The Labute approximate surface area is 69.7 Å². The second kappa shape index (κ2) is 2.41. The van der Waals surface area contributed by atoms with Crippen LogP contribution in [0, 0.1) is 6.07 Å². The highest BCUT2D eigenvalue weighted by atomic mass is 16.3. The van der Waals surface area contributed by atoms with Crippen molar-refractivity contribution in [3.05, 3.63) is 36.4 Å². The molecular formula is C10H7O2. The molecular weight excluding hydrogens is 152 g/mol. The van der Waals surface area contributed by atoms with Crippen molar-refractivity contribution in [2.45, 2.75) is 0 Å². The fraction of sp³-hybridized carbons (Fsp3) is 0. The van der Waals surface area contributed by atoms with Crippen LogP contribution >= 0.6 is 0 Å². The Balaban J connectivity index is 2.86. The Morgan fingerprint density at radius 3 is 2.75 bits per heavy atom. The Bertz CT molecular complexity index is 421. The first-order valence-electron chi connectivity index (χ1n) is 3.60. The lowest BCUT2D eigenvalue weighted by Gasteiger charge is -1.99. The van der Waals surface area contributed by atoms with Crippen molar-refractivity contribution in [1.29, 1.82) is 0 Å². The molecule has 59 valence electrons. The molecule has 2 rings (SSSR count). The van der Waals surface area contributed by atoms with Gasteiger partial charge in [-0.05, 0) is 29.7 Å². The van der Waals surface area contributed by atoms with Gasteiger partial charge >= 0.3 is 0 Å². The van der Waals surface area contributed by atoms with Gasteiger partial charge in [-0.2, -0.15) is 0 Å². The summed E-state index contributed by atoms with van der Waals surface area (Å²) in [7, 11) is 0. The number of phenolic OH excluding ortho intramolecular Hbond substituents is 2. The lowest BCUT2D eigenvalue weighted by Crippen LogP contribution is -1.73. The van der Waals surface area contributed by atoms with Crippen LogP contribution in [-0.2, 0) is 0 Å². The molecule has 1 radical (unpaired) electrons. The van der Waals surface area contributed by atoms with Crippen LogP contribution in [0.2, 0.25) is 0 Å². The summed E-state index contributed by atoms with van der Waals surface area (Å²) in [5.41, 5.74) is 0. The van der Waals surface area contributed by atoms with Gasteiger partial charge in [-0.25, -0.2) is 0 Å². The highest BCUT2D eigenvalue weighted by Gasteiger charge is 1.98. The molecule has 0 unspecified atom stereocenters. The summed E-state index contributed by atoms with van der Waals surface area (Å²) >= 11 is 0. The molecule has 0 saturated heterocycles. The van der Waals surface area contributed by atoms with E-state index >= 15 is 0 Å². The van der Waals surface area contributed by atoms with Crippen molar-refractivity contribution in [1.82, 2.24) is 0 Å². The number of benzene rings is 2. The molecule has 2 aromatic carbocycles. The summed E-state index contributed by atoms with van der Waals surface area (Å²) in [5.74, 6) is 0.320. The average molecular weight is 159 g/mol. The predicted octanol–water partition coefficient (Wildman–Crippen LogP) is 2.05. The number of hydrogen-bond donors (Lipinski definition) is 2. The van der Waals surface area contributed by atoms with Crippen LogP contribution in [0.1, 0.15) is 0 Å². The van der Waals surface area contributed by atoms with Gasteiger partial charge in [0.05, 0.1) is 0 Å². The van der Waals surface area contributed by atoms with Gasteiger partial charge in [0.1, 0.15) is 11.5 Å². The van der Waals surface area contributed by atoms with E-state index in [0.717, 1.165) is 5.39 Å². The SMILES string of the molecule is Oc1ccc2c(O)[c]ccc2c1. The van der Waals surface area contributed by atoms with Gasteiger partial charge in [-0.3, -0.25) is 0 Å². The van der Waals surface area contributed by atoms with E-state index in [9.17, 15) is 5.11 Å². The predicted molar refractivity (Wildman–Crippen MR) is 46.1 cm³/mol. The largest absolute Gasteiger partial charge is 0.508 e. The fourth-order valence-corrected chi connectivity index (χ4v) is 1.19. The maximum Gasteiger partial charge on any atom is 0.131 e. The van der Waals surface area contributed by atoms with Crippen molar-refractivity contribution >= 4 is 10.8 Å². The molecule has 2 heteroatoms. The topological polar surface area (TPSA) is 40.5 Å². The van der Waals surface area contributed by atoms with E-state index in [2.05, 4.69) is 6.07 Å². The number of phenols is 2. The molecule has 2 aromatic rings. The second-order valence-electron chi connectivity index (χ2n) is 2.60. The van der Waals surface area contributed by atoms with Crippen molar-refractivity contribution in [2.75, 3.05) is 0 Å². The molecule has 0 bridgehead atoms. The maximum absolute atomic E-state index is 9.32. The molecule has 0 amide bonds. The molecule has 0 aliphatic carbocycles. The first-order valence-corrected chi connectivity index (χ1v) is 3.60. The summed E-state index contributed by atoms with van der Waals surface area (Å²) in [6, 6.07) is 10.9. The van der Waals surface area contributed by atoms with E-state index in [0.29, 0.717) is 5.39 Å². The van der Waals surface area contributed by atoms with Gasteiger partial charge < -0.3 is 10.2 Å². The van der Waals surface area contributed by atoms with Gasteiger partial charge in [-0.1, -0.05) is 6.07 Å². The number of aromatic hydroxyl groups is 2. The molecule has 0 saturated carbocycles. The van der Waals surface area contributed by atoms with Crippen molar-refractivity contribution in [3.8, 4) is 11.5 Å². The second-order valence-corrected chi connectivity index (χ2v) is 2.60. The van der Waals surface area contributed by atoms with Crippen LogP contribution < -0.4 is 0 Å². The number of hydrogen-bond acceptors (Lipinski definition) is 2. The van der Waals surface area contributed by atoms with Gasteiger partial charge in [0.15, 0.2) is 0 Å². The molecule has 2 nitrogen and oxygen atoms in total. The van der Waals surface area contributed by atoms with E-state index < -0.39 is 0 Å². The number of rotatable bonds is 0. The lowest BCUT2D eigenvalue weighted by molar-refractivity contribution is 0.475. The van der Waals surface area contributed by atoms with Gasteiger partial charge in [0.25, 0.3) is 0 Å². The smallest absolute Gasteiger partial charge is 0.131 e. The summed E-state index contributed by atoms with van der Waals surface area (Å²) in [6.07, 6.45) is 0. The third-order valence-electron chi connectivity index (χ3n) is 1.77. The standard InChI is InChI=1S/C10H7O2/c11-8-4-5-9-7(6-8)2-1-3-10(9)12/h1-2,4-6,11-12H. The highest BCUT2D eigenvalue weighted by Crippen LogP contribution is 2.26. The third kappa shape index (κ3) is 0.975. The first-order chi connectivity index (χ1) is 5.77. The molecule has 0 aliphatic heterocycles. The Kier molecular flexibility index (Phi) is 1.40.